The molecule has 174 valence electrons. The van der Waals surface area contributed by atoms with E-state index < -0.39 is 0 Å². The average molecular weight is 457 g/mol. The molecule has 1 aliphatic heterocycles. The maximum atomic E-state index is 13.2. The molecule has 1 atom stereocenters. The van der Waals surface area contributed by atoms with Crippen LogP contribution in [-0.2, 0) is 20.9 Å². The van der Waals surface area contributed by atoms with Crippen molar-refractivity contribution >= 4 is 44.8 Å². The van der Waals surface area contributed by atoms with Crippen molar-refractivity contribution in [3.63, 3.8) is 0 Å². The molecule has 0 saturated carbocycles. The Hall–Kier alpha value is -3.68. The number of aromatic nitrogens is 2. The van der Waals surface area contributed by atoms with Gasteiger partial charge in [-0.05, 0) is 38.7 Å². The normalized spacial score (nSPS) is 15.2. The fraction of sp³-hybridized carbons (Fsp3) is 0.259. The monoisotopic (exact) mass is 456 g/mol. The highest BCUT2D eigenvalue weighted by Gasteiger charge is 2.35. The number of nitrogens with one attached hydrogen (secondary N) is 2. The van der Waals surface area contributed by atoms with Gasteiger partial charge in [0.2, 0.25) is 0 Å². The number of para-hydroxylation sites is 1. The highest BCUT2D eigenvalue weighted by molar-refractivity contribution is 6.50. The first-order valence-electron chi connectivity index (χ1n) is 11.3. The highest BCUT2D eigenvalue weighted by atomic mass is 16.5. The summed E-state index contributed by atoms with van der Waals surface area (Å²) in [5.74, 6) is -0.745. The van der Waals surface area contributed by atoms with Crippen LogP contribution in [0, 0.1) is 6.92 Å². The number of imide groups is 1. The number of hydrogen-bond acceptors (Lipinski definition) is 4. The van der Waals surface area contributed by atoms with E-state index in [0.29, 0.717) is 17.7 Å². The van der Waals surface area contributed by atoms with Crippen LogP contribution in [0.5, 0.6) is 0 Å². The first-order valence-corrected chi connectivity index (χ1v) is 11.3. The standard InChI is InChI=1S/C27H28N4O3/c1-16-8-7-11-22-23(16)20(15-31(22)14-17(34-4)13-30(2)3)25-24(26(32)29-27(25)33)19-12-28-21-10-6-5-9-18(19)21/h5-12,15,17,28H,13-14H2,1-4H3,(H,29,32,33). The summed E-state index contributed by atoms with van der Waals surface area (Å²) in [6.07, 6.45) is 3.77. The van der Waals surface area contributed by atoms with Gasteiger partial charge in [0.05, 0.1) is 23.8 Å². The molecule has 0 saturated heterocycles. The third-order valence-electron chi connectivity index (χ3n) is 6.48. The van der Waals surface area contributed by atoms with Crippen LogP contribution in [0.15, 0.2) is 54.9 Å². The van der Waals surface area contributed by atoms with Crippen molar-refractivity contribution < 1.29 is 14.3 Å². The van der Waals surface area contributed by atoms with E-state index in [1.54, 1.807) is 7.11 Å². The number of likely N-dealkylation sites (N-methyl/N-ethyl adjacent to an activating group) is 1. The molecule has 4 aromatic rings. The molecule has 2 N–H and O–H groups in total. The van der Waals surface area contributed by atoms with Gasteiger partial charge in [0, 0.05) is 59.0 Å². The van der Waals surface area contributed by atoms with Crippen molar-refractivity contribution in [3.05, 3.63) is 71.5 Å². The second kappa shape index (κ2) is 8.59. The van der Waals surface area contributed by atoms with E-state index in [2.05, 4.69) is 25.8 Å². The van der Waals surface area contributed by atoms with Crippen LogP contribution in [0.3, 0.4) is 0 Å². The molecule has 0 spiro atoms. The molecule has 3 heterocycles. The number of methoxy groups -OCH3 is 1. The molecule has 0 bridgehead atoms. The van der Waals surface area contributed by atoms with Gasteiger partial charge in [-0.2, -0.15) is 0 Å². The fourth-order valence-electron chi connectivity index (χ4n) is 4.95. The van der Waals surface area contributed by atoms with Gasteiger partial charge in [0.1, 0.15) is 0 Å². The molecule has 1 aliphatic rings. The van der Waals surface area contributed by atoms with Crippen LogP contribution in [0.1, 0.15) is 16.7 Å². The van der Waals surface area contributed by atoms with Gasteiger partial charge in [0.15, 0.2) is 0 Å². The van der Waals surface area contributed by atoms with Crippen molar-refractivity contribution in [2.24, 2.45) is 0 Å². The van der Waals surface area contributed by atoms with E-state index >= 15 is 0 Å². The minimum absolute atomic E-state index is 0.0277. The van der Waals surface area contributed by atoms with E-state index in [9.17, 15) is 9.59 Å². The van der Waals surface area contributed by atoms with Crippen LogP contribution >= 0.6 is 0 Å². The van der Waals surface area contributed by atoms with Crippen molar-refractivity contribution in [2.75, 3.05) is 27.7 Å². The van der Waals surface area contributed by atoms with Gasteiger partial charge in [-0.1, -0.05) is 30.3 Å². The maximum absolute atomic E-state index is 13.2. The maximum Gasteiger partial charge on any atom is 0.259 e. The van der Waals surface area contributed by atoms with Crippen molar-refractivity contribution in [1.82, 2.24) is 19.8 Å². The molecule has 1 unspecified atom stereocenters. The van der Waals surface area contributed by atoms with Crippen LogP contribution in [-0.4, -0.2) is 60.1 Å². The topological polar surface area (TPSA) is 79.4 Å². The molecule has 7 nitrogen and oxygen atoms in total. The number of benzene rings is 2. The summed E-state index contributed by atoms with van der Waals surface area (Å²) in [6.45, 7) is 3.42. The number of hydrogen-bond donors (Lipinski definition) is 2. The Bertz CT molecular complexity index is 1460. The van der Waals surface area contributed by atoms with Crippen molar-refractivity contribution in [3.8, 4) is 0 Å². The zero-order valence-corrected chi connectivity index (χ0v) is 19.8. The average Bonchev–Trinajstić information content (AvgIpc) is 3.46. The molecular weight excluding hydrogens is 428 g/mol. The Morgan fingerprint density at radius 3 is 2.47 bits per heavy atom. The lowest BCUT2D eigenvalue weighted by Crippen LogP contribution is -2.31. The van der Waals surface area contributed by atoms with Crippen molar-refractivity contribution in [1.29, 1.82) is 0 Å². The summed E-state index contributed by atoms with van der Waals surface area (Å²) in [7, 11) is 5.75. The minimum Gasteiger partial charge on any atom is -0.378 e. The smallest absolute Gasteiger partial charge is 0.259 e. The van der Waals surface area contributed by atoms with E-state index in [4.69, 9.17) is 4.74 Å². The molecule has 34 heavy (non-hydrogen) atoms. The SMILES string of the molecule is COC(CN(C)C)Cn1cc(C2=C(c3c[nH]c4ccccc34)C(=O)NC2=O)c2c(C)cccc21. The van der Waals surface area contributed by atoms with Crippen LogP contribution in [0.25, 0.3) is 33.0 Å². The van der Waals surface area contributed by atoms with Gasteiger partial charge >= 0.3 is 0 Å². The zero-order chi connectivity index (χ0) is 24.0. The van der Waals surface area contributed by atoms with E-state index in [0.717, 1.165) is 45.0 Å². The summed E-state index contributed by atoms with van der Waals surface area (Å²) >= 11 is 0. The first kappa shape index (κ1) is 22.1. The Kier molecular flexibility index (Phi) is 5.59. The number of ether oxygens (including phenoxy) is 1. The third-order valence-corrected chi connectivity index (χ3v) is 6.48. The van der Waals surface area contributed by atoms with Crippen LogP contribution in [0.4, 0.5) is 0 Å². The Balaban J connectivity index is 1.74. The summed E-state index contributed by atoms with van der Waals surface area (Å²) in [6, 6.07) is 13.9. The number of H-pyrrole nitrogens is 1. The molecule has 7 heteroatoms. The Morgan fingerprint density at radius 2 is 1.74 bits per heavy atom. The van der Waals surface area contributed by atoms with E-state index in [1.807, 2.05) is 69.8 Å². The number of nitrogens with zero attached hydrogens (tertiary/aromatic N) is 2. The number of carbonyl (C=O) groups excluding carboxylic acids is 2. The number of rotatable bonds is 7. The highest BCUT2D eigenvalue weighted by Crippen LogP contribution is 2.39. The van der Waals surface area contributed by atoms with Crippen LogP contribution in [0.2, 0.25) is 0 Å². The number of aromatic amines is 1. The second-order valence-corrected chi connectivity index (χ2v) is 9.07. The Morgan fingerprint density at radius 1 is 1.00 bits per heavy atom. The number of amides is 2. The summed E-state index contributed by atoms with van der Waals surface area (Å²) in [5, 5.41) is 4.41. The van der Waals surface area contributed by atoms with Crippen LogP contribution < -0.4 is 5.32 Å². The fourth-order valence-corrected chi connectivity index (χ4v) is 4.95. The largest absolute Gasteiger partial charge is 0.378 e. The number of carbonyl (C=O) groups is 2. The first-order chi connectivity index (χ1) is 16.4. The summed E-state index contributed by atoms with van der Waals surface area (Å²) in [4.78, 5) is 31.5. The minimum atomic E-state index is -0.374. The Labute approximate surface area is 198 Å². The molecule has 2 aromatic carbocycles. The molecule has 2 amide bonds. The number of fused-ring (bicyclic) bond motifs is 2. The lowest BCUT2D eigenvalue weighted by Gasteiger charge is -2.20. The molecule has 2 aromatic heterocycles. The van der Waals surface area contributed by atoms with Gasteiger partial charge < -0.3 is 19.2 Å². The molecule has 5 rings (SSSR count). The van der Waals surface area contributed by atoms with Gasteiger partial charge in [0.25, 0.3) is 11.8 Å². The van der Waals surface area contributed by atoms with Gasteiger partial charge in [-0.25, -0.2) is 0 Å². The molecule has 0 radical (unpaired) electrons. The second-order valence-electron chi connectivity index (χ2n) is 9.07. The molecular formula is C27H28N4O3. The predicted molar refractivity (Wildman–Crippen MR) is 134 cm³/mol. The zero-order valence-electron chi connectivity index (χ0n) is 19.8. The quantitative estimate of drug-likeness (QED) is 0.417. The summed E-state index contributed by atoms with van der Waals surface area (Å²) in [5.41, 5.74) is 5.28. The van der Waals surface area contributed by atoms with Gasteiger partial charge in [-0.3, -0.25) is 14.9 Å². The lowest BCUT2D eigenvalue weighted by molar-refractivity contribution is -0.122. The third kappa shape index (κ3) is 3.63. The molecule has 0 aliphatic carbocycles. The van der Waals surface area contributed by atoms with Gasteiger partial charge in [-0.15, -0.1) is 0 Å². The number of aryl methyl sites for hydroxylation is 1. The van der Waals surface area contributed by atoms with E-state index in [1.165, 1.54) is 0 Å². The van der Waals surface area contributed by atoms with Crippen molar-refractivity contribution in [2.45, 2.75) is 19.6 Å². The molecule has 0 fully saturated rings. The summed E-state index contributed by atoms with van der Waals surface area (Å²) < 4.78 is 7.86. The lowest BCUT2D eigenvalue weighted by atomic mass is 9.94. The van der Waals surface area contributed by atoms with E-state index in [-0.39, 0.29) is 17.9 Å². The predicted octanol–water partition coefficient (Wildman–Crippen LogP) is 3.57.